The average Bonchev–Trinajstić information content (AvgIpc) is 2.91. The van der Waals surface area contributed by atoms with Gasteiger partial charge in [-0.3, -0.25) is 4.79 Å². The Hall–Kier alpha value is -1.01. The van der Waals surface area contributed by atoms with E-state index in [1.807, 2.05) is 0 Å². The summed E-state index contributed by atoms with van der Waals surface area (Å²) in [5.41, 5.74) is 0.584. The molecule has 1 aromatic rings. The van der Waals surface area contributed by atoms with Crippen molar-refractivity contribution in [2.75, 3.05) is 13.2 Å². The molecule has 0 saturated carbocycles. The molecule has 0 aromatic heterocycles. The molecule has 1 fully saturated rings. The molecule has 1 heterocycles. The Morgan fingerprint density at radius 2 is 2.23 bits per heavy atom. The van der Waals surface area contributed by atoms with Crippen LogP contribution in [0.5, 0.6) is 5.75 Å². The minimum atomic E-state index is -0.246. The highest BCUT2D eigenvalue weighted by Gasteiger charge is 2.30. The van der Waals surface area contributed by atoms with Crippen LogP contribution in [-0.2, 0) is 4.79 Å². The third-order valence-electron chi connectivity index (χ3n) is 3.84. The van der Waals surface area contributed by atoms with Crippen LogP contribution >= 0.6 is 23.2 Å². The van der Waals surface area contributed by atoms with Crippen LogP contribution in [0.3, 0.4) is 0 Å². The normalized spacial score (nSPS) is 22.5. The first-order chi connectivity index (χ1) is 10.4. The molecule has 1 aromatic carbocycles. The number of benzene rings is 1. The van der Waals surface area contributed by atoms with E-state index in [4.69, 9.17) is 28.3 Å². The van der Waals surface area contributed by atoms with Crippen molar-refractivity contribution < 1.29 is 15.0 Å². The summed E-state index contributed by atoms with van der Waals surface area (Å²) in [5, 5.41) is 25.7. The van der Waals surface area contributed by atoms with Gasteiger partial charge in [0.15, 0.2) is 0 Å². The summed E-state index contributed by atoms with van der Waals surface area (Å²) < 4.78 is 0. The van der Waals surface area contributed by atoms with E-state index in [1.54, 1.807) is 13.0 Å². The number of aliphatic hydroxyl groups is 1. The van der Waals surface area contributed by atoms with Crippen molar-refractivity contribution in [2.45, 2.75) is 31.8 Å². The van der Waals surface area contributed by atoms with Gasteiger partial charge in [0, 0.05) is 24.1 Å². The molecule has 2 rings (SSSR count). The summed E-state index contributed by atoms with van der Waals surface area (Å²) >= 11 is 12.2. The second kappa shape index (κ2) is 7.51. The first-order valence-corrected chi connectivity index (χ1v) is 7.98. The molecular formula is C15H20Cl2N2O3. The third kappa shape index (κ3) is 4.04. The summed E-state index contributed by atoms with van der Waals surface area (Å²) in [6, 6.07) is 2.70. The molecule has 0 radical (unpaired) electrons. The van der Waals surface area contributed by atoms with E-state index in [9.17, 15) is 9.90 Å². The van der Waals surface area contributed by atoms with Gasteiger partial charge in [-0.1, -0.05) is 23.2 Å². The van der Waals surface area contributed by atoms with Gasteiger partial charge in [-0.05, 0) is 37.9 Å². The molecule has 4 N–H and O–H groups in total. The van der Waals surface area contributed by atoms with Gasteiger partial charge < -0.3 is 20.8 Å². The van der Waals surface area contributed by atoms with Crippen molar-refractivity contribution in [1.82, 2.24) is 10.6 Å². The highest BCUT2D eigenvalue weighted by atomic mass is 35.5. The second-order valence-corrected chi connectivity index (χ2v) is 6.50. The lowest BCUT2D eigenvalue weighted by Gasteiger charge is -2.16. The van der Waals surface area contributed by atoms with Gasteiger partial charge in [-0.2, -0.15) is 0 Å². The SMILES string of the molecule is C[C@@H](CO)NC(=O)C[C@H]1CN[C@@H](c2c(O)ccc(Cl)c2Cl)C1. The minimum Gasteiger partial charge on any atom is -0.508 e. The lowest BCUT2D eigenvalue weighted by Crippen LogP contribution is -2.36. The zero-order valence-corrected chi connectivity index (χ0v) is 13.8. The maximum atomic E-state index is 11.9. The van der Waals surface area contributed by atoms with Crippen LogP contribution < -0.4 is 10.6 Å². The molecule has 22 heavy (non-hydrogen) atoms. The van der Waals surface area contributed by atoms with E-state index >= 15 is 0 Å². The van der Waals surface area contributed by atoms with Crippen LogP contribution in [0.1, 0.15) is 31.4 Å². The molecule has 5 nitrogen and oxygen atoms in total. The number of amides is 1. The van der Waals surface area contributed by atoms with E-state index in [2.05, 4.69) is 10.6 Å². The zero-order chi connectivity index (χ0) is 16.3. The van der Waals surface area contributed by atoms with Crippen molar-refractivity contribution in [3.8, 4) is 5.75 Å². The Kier molecular flexibility index (Phi) is 5.92. The summed E-state index contributed by atoms with van der Waals surface area (Å²) in [6.45, 7) is 2.33. The van der Waals surface area contributed by atoms with Gasteiger partial charge in [0.05, 0.1) is 16.7 Å². The number of carbonyl (C=O) groups excluding carboxylic acids is 1. The minimum absolute atomic E-state index is 0.0801. The number of aromatic hydroxyl groups is 1. The van der Waals surface area contributed by atoms with Gasteiger partial charge in [0.1, 0.15) is 5.75 Å². The molecule has 0 aliphatic carbocycles. The maximum absolute atomic E-state index is 11.9. The maximum Gasteiger partial charge on any atom is 0.220 e. The number of phenols is 1. The van der Waals surface area contributed by atoms with Gasteiger partial charge in [0.25, 0.3) is 0 Å². The van der Waals surface area contributed by atoms with Crippen molar-refractivity contribution in [3.63, 3.8) is 0 Å². The molecule has 0 bridgehead atoms. The number of rotatable bonds is 5. The summed E-state index contributed by atoms with van der Waals surface area (Å²) in [6.07, 6.45) is 1.06. The predicted molar refractivity (Wildman–Crippen MR) is 86.3 cm³/mol. The van der Waals surface area contributed by atoms with Crippen molar-refractivity contribution >= 4 is 29.1 Å². The van der Waals surface area contributed by atoms with E-state index < -0.39 is 0 Å². The molecule has 0 unspecified atom stereocenters. The van der Waals surface area contributed by atoms with Crippen molar-refractivity contribution in [1.29, 1.82) is 0 Å². The average molecular weight is 347 g/mol. The molecule has 3 atom stereocenters. The van der Waals surface area contributed by atoms with Gasteiger partial charge >= 0.3 is 0 Å². The topological polar surface area (TPSA) is 81.6 Å². The Labute approximate surface area is 139 Å². The first-order valence-electron chi connectivity index (χ1n) is 7.22. The molecule has 1 aliphatic heterocycles. The van der Waals surface area contributed by atoms with Crippen LogP contribution in [0.4, 0.5) is 0 Å². The molecular weight excluding hydrogens is 327 g/mol. The summed E-state index contributed by atoms with van der Waals surface area (Å²) in [7, 11) is 0. The van der Waals surface area contributed by atoms with Crippen molar-refractivity contribution in [3.05, 3.63) is 27.7 Å². The molecule has 1 saturated heterocycles. The van der Waals surface area contributed by atoms with E-state index in [0.717, 1.165) is 0 Å². The Bertz CT molecular complexity index is 554. The van der Waals surface area contributed by atoms with Gasteiger partial charge in [-0.15, -0.1) is 0 Å². The van der Waals surface area contributed by atoms with Crippen LogP contribution in [-0.4, -0.2) is 35.3 Å². The number of phenolic OH excluding ortho intramolecular Hbond substituents is 1. The monoisotopic (exact) mass is 346 g/mol. The number of hydrogen-bond acceptors (Lipinski definition) is 4. The fourth-order valence-electron chi connectivity index (χ4n) is 2.71. The van der Waals surface area contributed by atoms with E-state index in [0.29, 0.717) is 35.0 Å². The Morgan fingerprint density at radius 3 is 2.91 bits per heavy atom. The zero-order valence-electron chi connectivity index (χ0n) is 12.3. The smallest absolute Gasteiger partial charge is 0.220 e. The van der Waals surface area contributed by atoms with Crippen LogP contribution in [0.15, 0.2) is 12.1 Å². The second-order valence-electron chi connectivity index (χ2n) is 5.71. The standard InChI is InChI=1S/C15H20Cl2N2O3/c1-8(7-20)19-13(22)5-9-4-11(18-6-9)14-12(21)3-2-10(16)15(14)17/h2-3,8-9,11,18,20-21H,4-7H2,1H3,(H,19,22)/t8-,9-,11+/m0/s1. The third-order valence-corrected chi connectivity index (χ3v) is 4.65. The number of nitrogens with one attached hydrogen (secondary N) is 2. The molecule has 122 valence electrons. The van der Waals surface area contributed by atoms with E-state index in [-0.39, 0.29) is 36.3 Å². The van der Waals surface area contributed by atoms with Crippen molar-refractivity contribution in [2.24, 2.45) is 5.92 Å². The van der Waals surface area contributed by atoms with Crippen LogP contribution in [0.2, 0.25) is 10.0 Å². The number of hydrogen-bond donors (Lipinski definition) is 4. The molecule has 7 heteroatoms. The lowest BCUT2D eigenvalue weighted by atomic mass is 9.96. The van der Waals surface area contributed by atoms with Crippen LogP contribution in [0, 0.1) is 5.92 Å². The lowest BCUT2D eigenvalue weighted by molar-refractivity contribution is -0.122. The Morgan fingerprint density at radius 1 is 1.50 bits per heavy atom. The van der Waals surface area contributed by atoms with Crippen LogP contribution in [0.25, 0.3) is 0 Å². The number of aliphatic hydroxyl groups excluding tert-OH is 1. The summed E-state index contributed by atoms with van der Waals surface area (Å²) in [4.78, 5) is 11.9. The molecule has 0 spiro atoms. The fourth-order valence-corrected chi connectivity index (χ4v) is 3.17. The number of halogens is 2. The quantitative estimate of drug-likeness (QED) is 0.659. The fraction of sp³-hybridized carbons (Fsp3) is 0.533. The first kappa shape index (κ1) is 17.3. The van der Waals surface area contributed by atoms with Gasteiger partial charge in [-0.25, -0.2) is 0 Å². The molecule has 1 aliphatic rings. The van der Waals surface area contributed by atoms with E-state index in [1.165, 1.54) is 6.07 Å². The summed E-state index contributed by atoms with van der Waals surface area (Å²) in [5.74, 6) is 0.159. The highest BCUT2D eigenvalue weighted by molar-refractivity contribution is 6.42. The van der Waals surface area contributed by atoms with Gasteiger partial charge in [0.2, 0.25) is 5.91 Å². The highest BCUT2D eigenvalue weighted by Crippen LogP contribution is 2.41. The largest absolute Gasteiger partial charge is 0.508 e. The molecule has 1 amide bonds. The Balaban J connectivity index is 1.99. The number of carbonyl (C=O) groups is 1. The predicted octanol–water partition coefficient (Wildman–Crippen LogP) is 2.24.